The third-order valence-corrected chi connectivity index (χ3v) is 6.33. The molecule has 1 N–H and O–H groups in total. The highest BCUT2D eigenvalue weighted by Crippen LogP contribution is 2.22. The number of anilines is 2. The average Bonchev–Trinajstić information content (AvgIpc) is 3.39. The van der Waals surface area contributed by atoms with Crippen molar-refractivity contribution >= 4 is 34.8 Å². The van der Waals surface area contributed by atoms with Gasteiger partial charge < -0.3 is 15.1 Å². The summed E-state index contributed by atoms with van der Waals surface area (Å²) in [5.74, 6) is 0.460. The van der Waals surface area contributed by atoms with Gasteiger partial charge in [0.2, 0.25) is 5.95 Å². The molecule has 4 rings (SSSR count). The van der Waals surface area contributed by atoms with E-state index in [9.17, 15) is 9.59 Å². The van der Waals surface area contributed by atoms with Crippen LogP contribution in [-0.2, 0) is 0 Å². The van der Waals surface area contributed by atoms with E-state index in [2.05, 4.69) is 25.1 Å². The zero-order valence-corrected chi connectivity index (χ0v) is 18.8. The summed E-state index contributed by atoms with van der Waals surface area (Å²) in [6.07, 6.45) is 3.51. The lowest BCUT2D eigenvalue weighted by Gasteiger charge is -2.34. The second kappa shape index (κ2) is 10.3. The summed E-state index contributed by atoms with van der Waals surface area (Å²) in [6.45, 7) is 4.80. The van der Waals surface area contributed by atoms with E-state index in [1.807, 2.05) is 29.6 Å². The third-order valence-electron chi connectivity index (χ3n) is 5.47. The van der Waals surface area contributed by atoms with Crippen LogP contribution < -0.4 is 15.1 Å². The van der Waals surface area contributed by atoms with Crippen molar-refractivity contribution in [2.24, 2.45) is 0 Å². The highest BCUT2D eigenvalue weighted by atomic mass is 32.1. The minimum absolute atomic E-state index is 0.125. The number of para-hydroxylation sites is 1. The molecule has 1 aromatic carbocycles. The fraction of sp³-hybridized carbons (Fsp3) is 0.304. The van der Waals surface area contributed by atoms with E-state index in [0.29, 0.717) is 22.7 Å². The molecular formula is C23H26N6O2S. The first-order chi connectivity index (χ1) is 15.6. The molecule has 1 fully saturated rings. The van der Waals surface area contributed by atoms with Crippen molar-refractivity contribution in [3.05, 3.63) is 70.7 Å². The summed E-state index contributed by atoms with van der Waals surface area (Å²) >= 11 is 1.39. The first-order valence-corrected chi connectivity index (χ1v) is 11.4. The SMILES string of the molecule is CN(C(=O)c1cccs1)c1ccccc1C(=O)NCCN1CCN(c2ncccn2)CC1. The summed E-state index contributed by atoms with van der Waals surface area (Å²) < 4.78 is 0. The molecule has 1 saturated heterocycles. The lowest BCUT2D eigenvalue weighted by atomic mass is 10.1. The van der Waals surface area contributed by atoms with Gasteiger partial charge in [0.15, 0.2) is 0 Å². The van der Waals surface area contributed by atoms with Crippen LogP contribution in [0.3, 0.4) is 0 Å². The fourth-order valence-electron chi connectivity index (χ4n) is 3.68. The first-order valence-electron chi connectivity index (χ1n) is 10.6. The molecule has 0 bridgehead atoms. The molecular weight excluding hydrogens is 424 g/mol. The van der Waals surface area contributed by atoms with Crippen LogP contribution in [0, 0.1) is 0 Å². The van der Waals surface area contributed by atoms with Crippen molar-refractivity contribution in [3.63, 3.8) is 0 Å². The lowest BCUT2D eigenvalue weighted by Crippen LogP contribution is -2.49. The Morgan fingerprint density at radius 3 is 2.50 bits per heavy atom. The highest BCUT2D eigenvalue weighted by Gasteiger charge is 2.21. The van der Waals surface area contributed by atoms with Gasteiger partial charge in [0.1, 0.15) is 0 Å². The zero-order valence-electron chi connectivity index (χ0n) is 18.0. The van der Waals surface area contributed by atoms with Gasteiger partial charge in [-0.1, -0.05) is 18.2 Å². The lowest BCUT2D eigenvalue weighted by molar-refractivity contribution is 0.0948. The van der Waals surface area contributed by atoms with Gasteiger partial charge in [-0.2, -0.15) is 0 Å². The minimum Gasteiger partial charge on any atom is -0.351 e. The Balaban J connectivity index is 1.29. The maximum atomic E-state index is 12.9. The van der Waals surface area contributed by atoms with Crippen LogP contribution in [0.5, 0.6) is 0 Å². The van der Waals surface area contributed by atoms with Gasteiger partial charge in [-0.3, -0.25) is 14.5 Å². The average molecular weight is 451 g/mol. The van der Waals surface area contributed by atoms with Crippen LogP contribution in [0.1, 0.15) is 20.0 Å². The van der Waals surface area contributed by atoms with Crippen molar-refractivity contribution in [1.82, 2.24) is 20.2 Å². The van der Waals surface area contributed by atoms with Crippen LogP contribution in [0.25, 0.3) is 0 Å². The summed E-state index contributed by atoms with van der Waals surface area (Å²) in [5, 5.41) is 4.87. The van der Waals surface area contributed by atoms with Crippen LogP contribution in [0.2, 0.25) is 0 Å². The van der Waals surface area contributed by atoms with Crippen LogP contribution in [0.15, 0.2) is 60.2 Å². The van der Waals surface area contributed by atoms with Crippen LogP contribution in [0.4, 0.5) is 11.6 Å². The molecule has 8 nitrogen and oxygen atoms in total. The molecule has 2 amide bonds. The van der Waals surface area contributed by atoms with E-state index < -0.39 is 0 Å². The van der Waals surface area contributed by atoms with Crippen LogP contribution >= 0.6 is 11.3 Å². The third kappa shape index (κ3) is 5.12. The Morgan fingerprint density at radius 2 is 1.78 bits per heavy atom. The molecule has 0 atom stereocenters. The predicted molar refractivity (Wildman–Crippen MR) is 127 cm³/mol. The Morgan fingerprint density at radius 1 is 1.03 bits per heavy atom. The quantitative estimate of drug-likeness (QED) is 0.595. The van der Waals surface area contributed by atoms with Gasteiger partial charge in [-0.25, -0.2) is 9.97 Å². The number of carbonyl (C=O) groups excluding carboxylic acids is 2. The molecule has 32 heavy (non-hydrogen) atoms. The monoisotopic (exact) mass is 450 g/mol. The van der Waals surface area contributed by atoms with Crippen molar-refractivity contribution in [1.29, 1.82) is 0 Å². The molecule has 2 aromatic heterocycles. The summed E-state index contributed by atoms with van der Waals surface area (Å²) in [7, 11) is 1.70. The summed E-state index contributed by atoms with van der Waals surface area (Å²) in [6, 6.07) is 12.6. The van der Waals surface area contributed by atoms with Gasteiger partial charge in [0, 0.05) is 58.7 Å². The number of nitrogens with one attached hydrogen (secondary N) is 1. The van der Waals surface area contributed by atoms with Crippen molar-refractivity contribution in [2.45, 2.75) is 0 Å². The molecule has 0 spiro atoms. The number of rotatable bonds is 7. The number of hydrogen-bond donors (Lipinski definition) is 1. The Hall–Kier alpha value is -3.30. The van der Waals surface area contributed by atoms with Gasteiger partial charge >= 0.3 is 0 Å². The van der Waals surface area contributed by atoms with Gasteiger partial charge in [-0.15, -0.1) is 11.3 Å². The molecule has 0 radical (unpaired) electrons. The van der Waals surface area contributed by atoms with E-state index in [-0.39, 0.29) is 11.8 Å². The smallest absolute Gasteiger partial charge is 0.268 e. The number of hydrogen-bond acceptors (Lipinski definition) is 7. The fourth-order valence-corrected chi connectivity index (χ4v) is 4.38. The van der Waals surface area contributed by atoms with E-state index in [4.69, 9.17) is 0 Å². The van der Waals surface area contributed by atoms with Crippen LogP contribution in [-0.4, -0.2) is 73.0 Å². The second-order valence-electron chi connectivity index (χ2n) is 7.49. The molecule has 0 unspecified atom stereocenters. The number of thiophene rings is 1. The molecule has 1 aliphatic rings. The van der Waals surface area contributed by atoms with Crippen molar-refractivity contribution in [3.8, 4) is 0 Å². The van der Waals surface area contributed by atoms with Crippen molar-refractivity contribution in [2.75, 3.05) is 56.1 Å². The topological polar surface area (TPSA) is 81.7 Å². The zero-order chi connectivity index (χ0) is 22.3. The number of benzene rings is 1. The van der Waals surface area contributed by atoms with Gasteiger partial charge in [-0.05, 0) is 29.6 Å². The number of amides is 2. The molecule has 9 heteroatoms. The summed E-state index contributed by atoms with van der Waals surface area (Å²) in [4.78, 5) is 40.9. The molecule has 166 valence electrons. The largest absolute Gasteiger partial charge is 0.351 e. The number of carbonyl (C=O) groups is 2. The Labute approximate surface area is 191 Å². The first kappa shape index (κ1) is 21.9. The summed E-state index contributed by atoms with van der Waals surface area (Å²) in [5.41, 5.74) is 1.09. The van der Waals surface area contributed by atoms with E-state index >= 15 is 0 Å². The molecule has 1 aliphatic heterocycles. The molecule has 0 aliphatic carbocycles. The van der Waals surface area contributed by atoms with Crippen molar-refractivity contribution < 1.29 is 9.59 Å². The van der Waals surface area contributed by atoms with E-state index in [0.717, 1.165) is 38.7 Å². The molecule has 3 aromatic rings. The van der Waals surface area contributed by atoms with Gasteiger partial charge in [0.05, 0.1) is 16.1 Å². The Bertz CT molecular complexity index is 1040. The maximum absolute atomic E-state index is 12.9. The highest BCUT2D eigenvalue weighted by molar-refractivity contribution is 7.12. The van der Waals surface area contributed by atoms with Gasteiger partial charge in [0.25, 0.3) is 11.8 Å². The number of nitrogens with zero attached hydrogens (tertiary/aromatic N) is 5. The molecule has 3 heterocycles. The standard InChI is InChI=1S/C23H26N6O2S/c1-27(22(31)20-8-4-17-32-20)19-7-3-2-6-18(19)21(30)24-11-12-28-13-15-29(16-14-28)23-25-9-5-10-26-23/h2-10,17H,11-16H2,1H3,(H,24,30). The normalized spacial score (nSPS) is 14.2. The molecule has 0 saturated carbocycles. The minimum atomic E-state index is -0.178. The number of aromatic nitrogens is 2. The van der Waals surface area contributed by atoms with E-state index in [1.54, 1.807) is 37.6 Å². The maximum Gasteiger partial charge on any atom is 0.268 e. The number of piperazine rings is 1. The van der Waals surface area contributed by atoms with E-state index in [1.165, 1.54) is 16.2 Å². The Kier molecular flexibility index (Phi) is 7.08. The second-order valence-corrected chi connectivity index (χ2v) is 8.44. The predicted octanol–water partition coefficient (Wildman–Crippen LogP) is 2.37.